The molecule has 1 N–H and O–H groups in total. The summed E-state index contributed by atoms with van der Waals surface area (Å²) in [6.07, 6.45) is 4.99. The Hall–Kier alpha value is -2.95. The molecule has 0 bridgehead atoms. The highest BCUT2D eigenvalue weighted by atomic mass is 16.1. The van der Waals surface area contributed by atoms with Crippen molar-refractivity contribution in [2.75, 3.05) is 0 Å². The van der Waals surface area contributed by atoms with E-state index in [2.05, 4.69) is 35.8 Å². The van der Waals surface area contributed by atoms with Crippen molar-refractivity contribution in [2.24, 2.45) is 4.99 Å². The molecular formula is C19H20N4O. The third-order valence-electron chi connectivity index (χ3n) is 3.70. The predicted octanol–water partition coefficient (Wildman–Crippen LogP) is 3.61. The lowest BCUT2D eigenvalue weighted by Gasteiger charge is -2.17. The van der Waals surface area contributed by atoms with Crippen molar-refractivity contribution in [3.63, 3.8) is 0 Å². The number of hydrogen-bond donors (Lipinski definition) is 1. The average Bonchev–Trinajstić information content (AvgIpc) is 2.92. The van der Waals surface area contributed by atoms with Crippen LogP contribution in [-0.4, -0.2) is 21.0 Å². The molecule has 0 saturated heterocycles. The maximum Gasteiger partial charge on any atom is 0.280 e. The summed E-state index contributed by atoms with van der Waals surface area (Å²) < 4.78 is 1.56. The largest absolute Gasteiger partial charge is 0.294 e. The van der Waals surface area contributed by atoms with Gasteiger partial charge in [-0.1, -0.05) is 39.0 Å². The first kappa shape index (κ1) is 15.9. The van der Waals surface area contributed by atoms with Gasteiger partial charge in [0.05, 0.1) is 22.6 Å². The maximum absolute atomic E-state index is 12.9. The maximum atomic E-state index is 12.9. The number of aromatic amines is 1. The summed E-state index contributed by atoms with van der Waals surface area (Å²) in [5.74, 6) is 0. The number of para-hydroxylation sites is 1. The van der Waals surface area contributed by atoms with Gasteiger partial charge in [-0.2, -0.15) is 0 Å². The number of benzene rings is 1. The van der Waals surface area contributed by atoms with E-state index in [9.17, 15) is 4.79 Å². The van der Waals surface area contributed by atoms with E-state index in [-0.39, 0.29) is 11.0 Å². The molecule has 0 aliphatic rings. The second kappa shape index (κ2) is 6.28. The molecule has 5 heteroatoms. The van der Waals surface area contributed by atoms with E-state index in [1.165, 1.54) is 0 Å². The molecular weight excluding hydrogens is 300 g/mol. The van der Waals surface area contributed by atoms with Gasteiger partial charge in [-0.15, -0.1) is 0 Å². The number of nitrogens with one attached hydrogen (secondary N) is 1. The van der Waals surface area contributed by atoms with Crippen molar-refractivity contribution in [1.82, 2.24) is 14.8 Å². The number of hydrogen-bond acceptors (Lipinski definition) is 3. The van der Waals surface area contributed by atoms with Gasteiger partial charge in [0.2, 0.25) is 0 Å². The molecule has 0 fully saturated rings. The van der Waals surface area contributed by atoms with Crippen molar-refractivity contribution in [2.45, 2.75) is 26.2 Å². The van der Waals surface area contributed by atoms with Crippen LogP contribution >= 0.6 is 0 Å². The summed E-state index contributed by atoms with van der Waals surface area (Å²) in [6.45, 7) is 6.20. The molecule has 0 aliphatic carbocycles. The molecule has 3 aromatic rings. The zero-order valence-corrected chi connectivity index (χ0v) is 14.0. The van der Waals surface area contributed by atoms with Crippen LogP contribution in [0.2, 0.25) is 0 Å². The summed E-state index contributed by atoms with van der Waals surface area (Å²) in [5, 5.41) is 3.24. The Bertz CT molecular complexity index is 900. The zero-order chi connectivity index (χ0) is 17.2. The van der Waals surface area contributed by atoms with Crippen molar-refractivity contribution in [3.8, 4) is 5.69 Å². The van der Waals surface area contributed by atoms with Gasteiger partial charge in [0.15, 0.2) is 0 Å². The van der Waals surface area contributed by atoms with Gasteiger partial charge in [0.1, 0.15) is 0 Å². The number of pyridine rings is 1. The quantitative estimate of drug-likeness (QED) is 0.749. The minimum absolute atomic E-state index is 0.107. The van der Waals surface area contributed by atoms with Crippen LogP contribution < -0.4 is 5.56 Å². The number of H-pyrrole nitrogens is 1. The van der Waals surface area contributed by atoms with Gasteiger partial charge in [-0.05, 0) is 24.3 Å². The summed E-state index contributed by atoms with van der Waals surface area (Å²) in [6, 6.07) is 13.1. The van der Waals surface area contributed by atoms with Crippen LogP contribution in [0.4, 0.5) is 5.69 Å². The van der Waals surface area contributed by atoms with Crippen LogP contribution in [0.15, 0.2) is 64.6 Å². The molecule has 0 amide bonds. The third kappa shape index (κ3) is 3.20. The van der Waals surface area contributed by atoms with Crippen LogP contribution in [0.25, 0.3) is 5.69 Å². The highest BCUT2D eigenvalue weighted by molar-refractivity contribution is 5.83. The van der Waals surface area contributed by atoms with E-state index in [4.69, 9.17) is 0 Å². The van der Waals surface area contributed by atoms with Crippen molar-refractivity contribution >= 4 is 11.9 Å². The highest BCUT2D eigenvalue weighted by Gasteiger charge is 2.24. The van der Waals surface area contributed by atoms with Gasteiger partial charge >= 0.3 is 0 Å². The Balaban J connectivity index is 2.12. The van der Waals surface area contributed by atoms with E-state index in [0.29, 0.717) is 5.56 Å². The van der Waals surface area contributed by atoms with Crippen molar-refractivity contribution < 1.29 is 0 Å². The molecule has 24 heavy (non-hydrogen) atoms. The summed E-state index contributed by atoms with van der Waals surface area (Å²) in [4.78, 5) is 21.3. The smallest absolute Gasteiger partial charge is 0.280 e. The molecule has 0 spiro atoms. The number of aromatic nitrogens is 3. The van der Waals surface area contributed by atoms with Crippen LogP contribution in [0.3, 0.4) is 0 Å². The Morgan fingerprint density at radius 1 is 1.08 bits per heavy atom. The first-order chi connectivity index (χ1) is 11.5. The fourth-order valence-electron chi connectivity index (χ4n) is 2.47. The van der Waals surface area contributed by atoms with E-state index in [1.807, 2.05) is 30.3 Å². The Morgan fingerprint density at radius 2 is 1.75 bits per heavy atom. The topological polar surface area (TPSA) is 63.0 Å². The van der Waals surface area contributed by atoms with Gasteiger partial charge < -0.3 is 0 Å². The van der Waals surface area contributed by atoms with Crippen LogP contribution in [-0.2, 0) is 5.41 Å². The molecule has 0 aliphatic heterocycles. The molecule has 1 aromatic carbocycles. The number of nitrogens with zero attached hydrogens (tertiary/aromatic N) is 3. The number of aliphatic imine (C=N–C) groups is 1. The highest BCUT2D eigenvalue weighted by Crippen LogP contribution is 2.23. The zero-order valence-electron chi connectivity index (χ0n) is 14.0. The summed E-state index contributed by atoms with van der Waals surface area (Å²) in [7, 11) is 0. The molecule has 0 unspecified atom stereocenters. The molecule has 122 valence electrons. The molecule has 0 saturated carbocycles. The van der Waals surface area contributed by atoms with Crippen molar-refractivity contribution in [1.29, 1.82) is 0 Å². The van der Waals surface area contributed by atoms with Gasteiger partial charge in [0.25, 0.3) is 5.56 Å². The Morgan fingerprint density at radius 3 is 2.38 bits per heavy atom. The summed E-state index contributed by atoms with van der Waals surface area (Å²) in [5.41, 5.74) is 2.67. The van der Waals surface area contributed by atoms with E-state index in [1.54, 1.807) is 35.4 Å². The van der Waals surface area contributed by atoms with Gasteiger partial charge in [0, 0.05) is 24.0 Å². The molecule has 3 rings (SSSR count). The number of rotatable bonds is 3. The normalized spacial score (nSPS) is 12.0. The monoisotopic (exact) mass is 320 g/mol. The molecule has 0 atom stereocenters. The minimum Gasteiger partial charge on any atom is -0.294 e. The minimum atomic E-state index is -0.210. The van der Waals surface area contributed by atoms with Crippen LogP contribution in [0.5, 0.6) is 0 Å². The molecule has 5 nitrogen and oxygen atoms in total. The summed E-state index contributed by atoms with van der Waals surface area (Å²) >= 11 is 0. The third-order valence-corrected chi connectivity index (χ3v) is 3.70. The first-order valence-electron chi connectivity index (χ1n) is 7.82. The first-order valence-corrected chi connectivity index (χ1v) is 7.82. The van der Waals surface area contributed by atoms with E-state index < -0.39 is 0 Å². The standard InChI is InChI=1S/C19H20N4O/c1-19(2,3)17-16(13-21-14-9-11-20-12-10-14)18(24)23(22-17)15-7-5-4-6-8-15/h4-13,22H,1-3H3. The Kier molecular flexibility index (Phi) is 4.16. The van der Waals surface area contributed by atoms with Crippen LogP contribution in [0.1, 0.15) is 32.0 Å². The second-order valence-electron chi connectivity index (χ2n) is 6.59. The van der Waals surface area contributed by atoms with E-state index in [0.717, 1.165) is 17.1 Å². The SMILES string of the molecule is CC(C)(C)c1[nH]n(-c2ccccc2)c(=O)c1C=Nc1ccncc1. The molecule has 0 radical (unpaired) electrons. The lowest BCUT2D eigenvalue weighted by Crippen LogP contribution is -2.18. The van der Waals surface area contributed by atoms with Crippen LogP contribution in [0, 0.1) is 0 Å². The van der Waals surface area contributed by atoms with Gasteiger partial charge in [-0.25, -0.2) is 4.68 Å². The van der Waals surface area contributed by atoms with Gasteiger partial charge in [-0.3, -0.25) is 19.9 Å². The van der Waals surface area contributed by atoms with Crippen molar-refractivity contribution in [3.05, 3.63) is 76.5 Å². The Labute approximate surface area is 140 Å². The van der Waals surface area contributed by atoms with E-state index >= 15 is 0 Å². The predicted molar refractivity (Wildman–Crippen MR) is 96.6 cm³/mol. The second-order valence-corrected chi connectivity index (χ2v) is 6.59. The average molecular weight is 320 g/mol. The lowest BCUT2D eigenvalue weighted by molar-refractivity contribution is 0.559. The molecule has 2 heterocycles. The fourth-order valence-corrected chi connectivity index (χ4v) is 2.47. The fraction of sp³-hybridized carbons (Fsp3) is 0.211. The molecule has 2 aromatic heterocycles. The lowest BCUT2D eigenvalue weighted by atomic mass is 9.90.